The number of carbonyl (C=O) groups excluding carboxylic acids is 1. The molecule has 1 aromatic heterocycles. The average Bonchev–Trinajstić information content (AvgIpc) is 2.91. The Balaban J connectivity index is 1.81. The Labute approximate surface area is 121 Å². The lowest BCUT2D eigenvalue weighted by atomic mass is 9.89. The Morgan fingerprint density at radius 3 is 2.85 bits per heavy atom. The molecule has 0 aliphatic carbocycles. The molecule has 1 amide bonds. The maximum Gasteiger partial charge on any atom is 0.222 e. The van der Waals surface area contributed by atoms with Crippen molar-refractivity contribution in [2.75, 3.05) is 13.1 Å². The summed E-state index contributed by atoms with van der Waals surface area (Å²) >= 11 is 0. The number of nitrogens with zero attached hydrogens (tertiary/aromatic N) is 4. The third-order valence-electron chi connectivity index (χ3n) is 3.88. The fraction of sp³-hybridized carbons (Fsp3) is 0.800. The highest BCUT2D eigenvalue weighted by Gasteiger charge is 2.25. The van der Waals surface area contributed by atoms with Crippen molar-refractivity contribution < 1.29 is 4.79 Å². The van der Waals surface area contributed by atoms with Gasteiger partial charge in [-0.05, 0) is 31.1 Å². The quantitative estimate of drug-likeness (QED) is 0.850. The van der Waals surface area contributed by atoms with Gasteiger partial charge in [0, 0.05) is 19.5 Å². The largest absolute Gasteiger partial charge is 0.341 e. The van der Waals surface area contributed by atoms with E-state index in [9.17, 15) is 4.79 Å². The van der Waals surface area contributed by atoms with Crippen LogP contribution in [-0.4, -0.2) is 38.7 Å². The van der Waals surface area contributed by atoms with E-state index in [1.54, 1.807) is 12.7 Å². The molecule has 1 fully saturated rings. The van der Waals surface area contributed by atoms with Gasteiger partial charge in [-0.2, -0.15) is 5.10 Å². The Morgan fingerprint density at radius 1 is 1.40 bits per heavy atom. The monoisotopic (exact) mass is 278 g/mol. The molecular weight excluding hydrogens is 252 g/mol. The van der Waals surface area contributed by atoms with E-state index in [-0.39, 0.29) is 6.04 Å². The van der Waals surface area contributed by atoms with Gasteiger partial charge < -0.3 is 4.90 Å². The second kappa shape index (κ2) is 6.37. The van der Waals surface area contributed by atoms with Crippen molar-refractivity contribution in [3.8, 4) is 0 Å². The van der Waals surface area contributed by atoms with E-state index in [1.165, 1.54) is 0 Å². The van der Waals surface area contributed by atoms with Crippen LogP contribution < -0.4 is 0 Å². The predicted octanol–water partition coefficient (Wildman–Crippen LogP) is 2.66. The molecule has 1 saturated heterocycles. The first-order valence-electron chi connectivity index (χ1n) is 7.57. The Bertz CT molecular complexity index is 422. The van der Waals surface area contributed by atoms with Gasteiger partial charge >= 0.3 is 0 Å². The summed E-state index contributed by atoms with van der Waals surface area (Å²) in [6.45, 7) is 8.33. The number of rotatable bonds is 4. The number of aromatic nitrogens is 3. The molecule has 2 rings (SSSR count). The van der Waals surface area contributed by atoms with Crippen LogP contribution in [0.25, 0.3) is 0 Å². The number of hydrogen-bond donors (Lipinski definition) is 0. The Morgan fingerprint density at radius 2 is 2.20 bits per heavy atom. The van der Waals surface area contributed by atoms with Crippen LogP contribution in [0, 0.1) is 5.41 Å². The van der Waals surface area contributed by atoms with Crippen molar-refractivity contribution in [2.24, 2.45) is 5.41 Å². The normalized spacial score (nSPS) is 20.1. The lowest BCUT2D eigenvalue weighted by Gasteiger charge is -2.33. The van der Waals surface area contributed by atoms with Gasteiger partial charge in [-0.3, -0.25) is 4.79 Å². The molecule has 0 aromatic carbocycles. The van der Waals surface area contributed by atoms with Crippen molar-refractivity contribution in [3.05, 3.63) is 12.7 Å². The maximum atomic E-state index is 12.3. The first kappa shape index (κ1) is 15.0. The van der Waals surface area contributed by atoms with Crippen molar-refractivity contribution in [1.82, 2.24) is 19.7 Å². The second-order valence-corrected chi connectivity index (χ2v) is 6.93. The van der Waals surface area contributed by atoms with Crippen molar-refractivity contribution in [1.29, 1.82) is 0 Å². The molecule has 1 atom stereocenters. The van der Waals surface area contributed by atoms with E-state index in [0.717, 1.165) is 38.8 Å². The van der Waals surface area contributed by atoms with E-state index in [2.05, 4.69) is 30.9 Å². The first-order valence-corrected chi connectivity index (χ1v) is 7.57. The van der Waals surface area contributed by atoms with Crippen LogP contribution in [0.5, 0.6) is 0 Å². The molecule has 0 bridgehead atoms. The third-order valence-corrected chi connectivity index (χ3v) is 3.88. The molecule has 1 unspecified atom stereocenters. The first-order chi connectivity index (χ1) is 9.46. The summed E-state index contributed by atoms with van der Waals surface area (Å²) in [7, 11) is 0. The number of carbonyl (C=O) groups is 1. The molecule has 112 valence electrons. The van der Waals surface area contributed by atoms with Crippen LogP contribution >= 0.6 is 0 Å². The minimum absolute atomic E-state index is 0.290. The van der Waals surface area contributed by atoms with Crippen molar-refractivity contribution >= 4 is 5.91 Å². The van der Waals surface area contributed by atoms with E-state index in [0.29, 0.717) is 17.7 Å². The molecule has 2 heterocycles. The summed E-state index contributed by atoms with van der Waals surface area (Å²) in [6.07, 6.45) is 8.18. The van der Waals surface area contributed by atoms with Gasteiger partial charge in [-0.15, -0.1) is 0 Å². The molecule has 1 aliphatic rings. The fourth-order valence-electron chi connectivity index (χ4n) is 2.73. The summed E-state index contributed by atoms with van der Waals surface area (Å²) in [4.78, 5) is 18.3. The SMILES string of the molecule is CC(C)(C)CCCC(=O)N1CCCC(n2cncn2)C1. The van der Waals surface area contributed by atoms with Gasteiger partial charge in [0.2, 0.25) is 5.91 Å². The van der Waals surface area contributed by atoms with Gasteiger partial charge in [0.05, 0.1) is 6.04 Å². The summed E-state index contributed by atoms with van der Waals surface area (Å²) in [5, 5.41) is 4.20. The molecule has 5 heteroatoms. The molecular formula is C15H26N4O. The molecule has 0 saturated carbocycles. The fourth-order valence-corrected chi connectivity index (χ4v) is 2.73. The zero-order chi connectivity index (χ0) is 14.6. The van der Waals surface area contributed by atoms with Crippen molar-refractivity contribution in [2.45, 2.75) is 58.9 Å². The van der Waals surface area contributed by atoms with Crippen LogP contribution in [0.15, 0.2) is 12.7 Å². The Hall–Kier alpha value is -1.39. The van der Waals surface area contributed by atoms with E-state index >= 15 is 0 Å². The topological polar surface area (TPSA) is 51.0 Å². The highest BCUT2D eigenvalue weighted by molar-refractivity contribution is 5.76. The van der Waals surface area contributed by atoms with Crippen LogP contribution in [-0.2, 0) is 4.79 Å². The minimum Gasteiger partial charge on any atom is -0.341 e. The van der Waals surface area contributed by atoms with Gasteiger partial charge in [-0.25, -0.2) is 9.67 Å². The van der Waals surface area contributed by atoms with E-state index in [1.807, 2.05) is 9.58 Å². The number of amides is 1. The van der Waals surface area contributed by atoms with Gasteiger partial charge in [0.1, 0.15) is 12.7 Å². The average molecular weight is 278 g/mol. The van der Waals surface area contributed by atoms with Crippen LogP contribution in [0.4, 0.5) is 0 Å². The summed E-state index contributed by atoms with van der Waals surface area (Å²) in [6, 6.07) is 0.290. The number of likely N-dealkylation sites (tertiary alicyclic amines) is 1. The maximum absolute atomic E-state index is 12.3. The van der Waals surface area contributed by atoms with Gasteiger partial charge in [0.15, 0.2) is 0 Å². The summed E-state index contributed by atoms with van der Waals surface area (Å²) in [5.74, 6) is 0.291. The predicted molar refractivity (Wildman–Crippen MR) is 78.2 cm³/mol. The highest BCUT2D eigenvalue weighted by atomic mass is 16.2. The third kappa shape index (κ3) is 4.32. The zero-order valence-corrected chi connectivity index (χ0v) is 12.9. The summed E-state index contributed by atoms with van der Waals surface area (Å²) < 4.78 is 1.88. The molecule has 1 aliphatic heterocycles. The smallest absolute Gasteiger partial charge is 0.222 e. The van der Waals surface area contributed by atoms with E-state index in [4.69, 9.17) is 0 Å². The lowest BCUT2D eigenvalue weighted by molar-refractivity contribution is -0.133. The second-order valence-electron chi connectivity index (χ2n) is 6.93. The van der Waals surface area contributed by atoms with Crippen molar-refractivity contribution in [3.63, 3.8) is 0 Å². The molecule has 0 N–H and O–H groups in total. The van der Waals surface area contributed by atoms with Gasteiger partial charge in [0.25, 0.3) is 0 Å². The molecule has 1 aromatic rings. The van der Waals surface area contributed by atoms with Gasteiger partial charge in [-0.1, -0.05) is 20.8 Å². The molecule has 0 radical (unpaired) electrons. The lowest BCUT2D eigenvalue weighted by Crippen LogP contribution is -2.40. The standard InChI is InChI=1S/C15H26N4O/c1-15(2,3)8-4-7-14(20)18-9-5-6-13(10-18)19-12-16-11-17-19/h11-13H,4-10H2,1-3H3. The zero-order valence-electron chi connectivity index (χ0n) is 12.9. The number of piperidine rings is 1. The van der Waals surface area contributed by atoms with Crippen LogP contribution in [0.2, 0.25) is 0 Å². The van der Waals surface area contributed by atoms with Crippen LogP contribution in [0.3, 0.4) is 0 Å². The minimum atomic E-state index is 0.290. The highest BCUT2D eigenvalue weighted by Crippen LogP contribution is 2.24. The number of hydrogen-bond acceptors (Lipinski definition) is 3. The Kier molecular flexibility index (Phi) is 4.78. The molecule has 20 heavy (non-hydrogen) atoms. The molecule has 5 nitrogen and oxygen atoms in total. The van der Waals surface area contributed by atoms with Crippen LogP contribution in [0.1, 0.15) is 58.9 Å². The van der Waals surface area contributed by atoms with E-state index < -0.39 is 0 Å². The molecule has 0 spiro atoms. The summed E-state index contributed by atoms with van der Waals surface area (Å²) in [5.41, 5.74) is 0.311.